The van der Waals surface area contributed by atoms with E-state index in [1.54, 1.807) is 30.3 Å². The van der Waals surface area contributed by atoms with E-state index in [0.717, 1.165) is 6.92 Å². The van der Waals surface area contributed by atoms with Crippen LogP contribution in [0.3, 0.4) is 0 Å². The number of para-hydroxylation sites is 1. The average molecular weight is 460 g/mol. The predicted octanol–water partition coefficient (Wildman–Crippen LogP) is -5.28. The molecule has 0 spiro atoms. The monoisotopic (exact) mass is 460 g/mol. The quantitative estimate of drug-likeness (QED) is 0.238. The maximum atomic E-state index is 12.6. The van der Waals surface area contributed by atoms with Gasteiger partial charge in [0.05, 0.1) is 17.4 Å². The van der Waals surface area contributed by atoms with Crippen LogP contribution in [0.2, 0.25) is 0 Å². The van der Waals surface area contributed by atoms with Gasteiger partial charge in [-0.25, -0.2) is 8.42 Å². The summed E-state index contributed by atoms with van der Waals surface area (Å²) in [5.74, 6) is -4.59. The Morgan fingerprint density at radius 2 is 1.87 bits per heavy atom. The Morgan fingerprint density at radius 1 is 1.23 bits per heavy atom. The molecule has 2 atom stereocenters. The molecule has 3 rings (SSSR count). The van der Waals surface area contributed by atoms with Crippen molar-refractivity contribution in [1.29, 1.82) is 0 Å². The number of sulfone groups is 1. The molecule has 0 saturated carbocycles. The SMILES string of the molecule is CC(=O)OCC1=C(C(=O)[O-])N2C(=O)[C@H](NC(=O)COc3ccccc3)[C@@H]2S(=O)(=O)C1.[Na+]. The van der Waals surface area contributed by atoms with Crippen LogP contribution >= 0.6 is 0 Å². The number of fused-ring (bicyclic) bond motifs is 1. The van der Waals surface area contributed by atoms with Crippen LogP contribution in [0.25, 0.3) is 0 Å². The number of carboxylic acid groups (broad SMARTS) is 1. The Balaban J connectivity index is 0.00000341. The molecule has 1 N–H and O–H groups in total. The normalized spacial score (nSPS) is 21.2. The number of aliphatic carboxylic acids is 1. The number of carboxylic acids is 1. The minimum absolute atomic E-state index is 0. The number of rotatable bonds is 7. The minimum Gasteiger partial charge on any atom is -0.543 e. The molecule has 11 nitrogen and oxygen atoms in total. The van der Waals surface area contributed by atoms with Gasteiger partial charge in [-0.3, -0.25) is 19.3 Å². The van der Waals surface area contributed by atoms with Gasteiger partial charge in [0, 0.05) is 12.5 Å². The largest absolute Gasteiger partial charge is 1.00 e. The van der Waals surface area contributed by atoms with E-state index in [1.165, 1.54) is 0 Å². The van der Waals surface area contributed by atoms with E-state index in [4.69, 9.17) is 4.74 Å². The van der Waals surface area contributed by atoms with E-state index in [9.17, 15) is 32.7 Å². The van der Waals surface area contributed by atoms with Gasteiger partial charge in [0.15, 0.2) is 21.8 Å². The molecular weight excluding hydrogens is 443 g/mol. The third kappa shape index (κ3) is 5.26. The molecule has 13 heteroatoms. The van der Waals surface area contributed by atoms with Crippen LogP contribution < -0.4 is 44.7 Å². The van der Waals surface area contributed by atoms with Crippen molar-refractivity contribution in [2.24, 2.45) is 0 Å². The zero-order valence-electron chi connectivity index (χ0n) is 16.7. The second-order valence-electron chi connectivity index (χ2n) is 6.57. The molecule has 1 saturated heterocycles. The van der Waals surface area contributed by atoms with Crippen LogP contribution in [-0.2, 0) is 33.8 Å². The smallest absolute Gasteiger partial charge is 0.543 e. The summed E-state index contributed by atoms with van der Waals surface area (Å²) in [7, 11) is -4.07. The maximum Gasteiger partial charge on any atom is 1.00 e. The Hall–Kier alpha value is -2.41. The number of nitrogens with zero attached hydrogens (tertiary/aromatic N) is 1. The summed E-state index contributed by atoms with van der Waals surface area (Å²) < 4.78 is 35.2. The Bertz CT molecular complexity index is 1040. The van der Waals surface area contributed by atoms with Gasteiger partial charge in [0.25, 0.3) is 11.8 Å². The molecule has 0 aromatic heterocycles. The Morgan fingerprint density at radius 3 is 2.45 bits per heavy atom. The molecule has 2 heterocycles. The van der Waals surface area contributed by atoms with Crippen molar-refractivity contribution in [3.05, 3.63) is 41.6 Å². The standard InChI is InChI=1S/C18H18N2O9S.Na/c1-10(21)28-7-11-9-30(26,27)17-14(16(23)20(17)15(11)18(24)25)19-13(22)8-29-12-5-3-2-4-6-12;/h2-6,14,17H,7-9H2,1H3,(H,19,22)(H,24,25);/q;+1/p-1/t14-,17-;/m0./s1. The molecule has 0 bridgehead atoms. The molecule has 1 aromatic carbocycles. The third-order valence-corrected chi connectivity index (χ3v) is 6.40. The van der Waals surface area contributed by atoms with E-state index in [2.05, 4.69) is 10.1 Å². The fourth-order valence-electron chi connectivity index (χ4n) is 3.19. The van der Waals surface area contributed by atoms with Crippen molar-refractivity contribution in [2.75, 3.05) is 19.0 Å². The number of hydrogen-bond acceptors (Lipinski definition) is 9. The van der Waals surface area contributed by atoms with Gasteiger partial charge < -0.3 is 24.7 Å². The van der Waals surface area contributed by atoms with Crippen molar-refractivity contribution >= 4 is 33.6 Å². The zero-order valence-corrected chi connectivity index (χ0v) is 19.5. The average Bonchev–Trinajstić information content (AvgIpc) is 2.68. The first kappa shape index (κ1) is 24.9. The predicted molar refractivity (Wildman–Crippen MR) is 97.0 cm³/mol. The number of β-lactam (4-membered cyclic amide) rings is 1. The fourth-order valence-corrected chi connectivity index (χ4v) is 5.20. The summed E-state index contributed by atoms with van der Waals surface area (Å²) >= 11 is 0. The van der Waals surface area contributed by atoms with Gasteiger partial charge in [-0.2, -0.15) is 0 Å². The van der Waals surface area contributed by atoms with Crippen molar-refractivity contribution in [3.8, 4) is 5.75 Å². The van der Waals surface area contributed by atoms with Gasteiger partial charge in [-0.05, 0) is 12.1 Å². The first-order valence-electron chi connectivity index (χ1n) is 8.70. The van der Waals surface area contributed by atoms with Crippen LogP contribution in [0.15, 0.2) is 41.6 Å². The van der Waals surface area contributed by atoms with E-state index in [0.29, 0.717) is 10.6 Å². The number of amides is 2. The molecule has 0 radical (unpaired) electrons. The van der Waals surface area contributed by atoms with Crippen LogP contribution in [0.4, 0.5) is 0 Å². The molecule has 2 aliphatic heterocycles. The second kappa shape index (κ2) is 9.81. The van der Waals surface area contributed by atoms with Crippen molar-refractivity contribution in [3.63, 3.8) is 0 Å². The Labute approximate surface area is 199 Å². The van der Waals surface area contributed by atoms with Crippen LogP contribution in [0.5, 0.6) is 5.75 Å². The Kier molecular flexibility index (Phi) is 7.87. The van der Waals surface area contributed by atoms with E-state index in [-0.39, 0.29) is 35.1 Å². The van der Waals surface area contributed by atoms with Gasteiger partial charge in [0.1, 0.15) is 18.4 Å². The maximum absolute atomic E-state index is 12.6. The number of carbonyl (C=O) groups is 4. The van der Waals surface area contributed by atoms with E-state index >= 15 is 0 Å². The van der Waals surface area contributed by atoms with Crippen LogP contribution in [0, 0.1) is 0 Å². The fraction of sp³-hybridized carbons (Fsp3) is 0.333. The summed E-state index contributed by atoms with van der Waals surface area (Å²) in [6.45, 7) is -0.0188. The van der Waals surface area contributed by atoms with E-state index in [1.807, 2.05) is 0 Å². The molecular formula is C18H17N2NaO9S. The number of ether oxygens (including phenoxy) is 2. The number of carbonyl (C=O) groups excluding carboxylic acids is 4. The number of esters is 1. The third-order valence-electron chi connectivity index (χ3n) is 4.43. The first-order valence-corrected chi connectivity index (χ1v) is 10.4. The zero-order chi connectivity index (χ0) is 22.1. The van der Waals surface area contributed by atoms with Crippen molar-refractivity contribution < 1.29 is 71.7 Å². The van der Waals surface area contributed by atoms with Crippen molar-refractivity contribution in [2.45, 2.75) is 18.3 Å². The van der Waals surface area contributed by atoms with Gasteiger partial charge >= 0.3 is 35.5 Å². The molecule has 2 amide bonds. The van der Waals surface area contributed by atoms with E-state index < -0.39 is 69.7 Å². The minimum atomic E-state index is -4.07. The van der Waals surface area contributed by atoms with Crippen molar-refractivity contribution in [1.82, 2.24) is 10.2 Å². The van der Waals surface area contributed by atoms with Gasteiger partial charge in [-0.15, -0.1) is 0 Å². The van der Waals surface area contributed by atoms with Gasteiger partial charge in [0.2, 0.25) is 0 Å². The number of nitrogens with one attached hydrogen (secondary N) is 1. The number of hydrogen-bond donors (Lipinski definition) is 1. The van der Waals surface area contributed by atoms with Crippen LogP contribution in [0.1, 0.15) is 6.92 Å². The van der Waals surface area contributed by atoms with Crippen LogP contribution in [-0.4, -0.2) is 67.5 Å². The molecule has 31 heavy (non-hydrogen) atoms. The summed E-state index contributed by atoms with van der Waals surface area (Å²) in [6, 6.07) is 6.88. The molecule has 160 valence electrons. The second-order valence-corrected chi connectivity index (χ2v) is 8.67. The summed E-state index contributed by atoms with van der Waals surface area (Å²) in [4.78, 5) is 47.6. The molecule has 1 fully saturated rings. The molecule has 0 aliphatic carbocycles. The summed E-state index contributed by atoms with van der Waals surface area (Å²) in [6.07, 6.45) is 0. The summed E-state index contributed by atoms with van der Waals surface area (Å²) in [5.41, 5.74) is -0.959. The molecule has 2 aliphatic rings. The summed E-state index contributed by atoms with van der Waals surface area (Å²) in [5, 5.41) is 12.2. The molecule has 1 aromatic rings. The first-order chi connectivity index (χ1) is 14.1. The molecule has 0 unspecified atom stereocenters. The number of benzene rings is 1. The topological polar surface area (TPSA) is 159 Å². The van der Waals surface area contributed by atoms with Gasteiger partial charge in [-0.1, -0.05) is 18.2 Å².